The molecule has 2 aromatic rings. The molecule has 1 aliphatic heterocycles. The maximum absolute atomic E-state index is 13.5. The molecule has 0 radical (unpaired) electrons. The van der Waals surface area contributed by atoms with Crippen molar-refractivity contribution in [3.05, 3.63) is 41.6 Å². The van der Waals surface area contributed by atoms with Gasteiger partial charge in [-0.25, -0.2) is 8.78 Å². The van der Waals surface area contributed by atoms with E-state index in [4.69, 9.17) is 0 Å². The number of piperidine rings is 1. The highest BCUT2D eigenvalue weighted by atomic mass is 19.4. The SMILES string of the molecule is C[C@@H]1CNC[C@](NC(=O)CC2CC2(F)F)(c2ccc(C(F)(F)F)c3ncccc23)C1. The highest BCUT2D eigenvalue weighted by Gasteiger charge is 2.57. The molecule has 9 heteroatoms. The van der Waals surface area contributed by atoms with E-state index in [1.165, 1.54) is 12.3 Å². The Hall–Kier alpha value is -2.29. The first-order valence-electron chi connectivity index (χ1n) is 9.87. The second-order valence-corrected chi connectivity index (χ2v) is 8.49. The number of hydrogen-bond acceptors (Lipinski definition) is 3. The van der Waals surface area contributed by atoms with Gasteiger partial charge in [0.1, 0.15) is 0 Å². The first kappa shape index (κ1) is 21.0. The minimum atomic E-state index is -4.57. The molecule has 3 atom stereocenters. The third-order valence-corrected chi connectivity index (χ3v) is 5.97. The molecule has 1 saturated heterocycles. The average Bonchev–Trinajstić information content (AvgIpc) is 3.25. The summed E-state index contributed by atoms with van der Waals surface area (Å²) in [6.45, 7) is 2.95. The van der Waals surface area contributed by atoms with Gasteiger partial charge < -0.3 is 10.6 Å². The van der Waals surface area contributed by atoms with E-state index in [1.54, 1.807) is 12.1 Å². The number of nitrogens with zero attached hydrogens (tertiary/aromatic N) is 1. The highest BCUT2D eigenvalue weighted by Crippen LogP contribution is 2.51. The maximum Gasteiger partial charge on any atom is 0.418 e. The summed E-state index contributed by atoms with van der Waals surface area (Å²) >= 11 is 0. The highest BCUT2D eigenvalue weighted by molar-refractivity contribution is 5.88. The van der Waals surface area contributed by atoms with Gasteiger partial charge in [0.25, 0.3) is 5.92 Å². The zero-order chi connectivity index (χ0) is 21.7. The van der Waals surface area contributed by atoms with E-state index in [0.29, 0.717) is 30.5 Å². The van der Waals surface area contributed by atoms with Crippen LogP contribution in [0.3, 0.4) is 0 Å². The summed E-state index contributed by atoms with van der Waals surface area (Å²) < 4.78 is 67.0. The van der Waals surface area contributed by atoms with Gasteiger partial charge in [0, 0.05) is 36.9 Å². The molecule has 162 valence electrons. The predicted molar refractivity (Wildman–Crippen MR) is 101 cm³/mol. The van der Waals surface area contributed by atoms with Crippen LogP contribution in [0, 0.1) is 11.8 Å². The lowest BCUT2D eigenvalue weighted by Gasteiger charge is -2.42. The van der Waals surface area contributed by atoms with Crippen molar-refractivity contribution in [2.75, 3.05) is 13.1 Å². The van der Waals surface area contributed by atoms with Crippen molar-refractivity contribution >= 4 is 16.8 Å². The minimum absolute atomic E-state index is 0.121. The quantitative estimate of drug-likeness (QED) is 0.718. The molecule has 2 heterocycles. The van der Waals surface area contributed by atoms with Crippen molar-refractivity contribution in [1.29, 1.82) is 0 Å². The van der Waals surface area contributed by atoms with Crippen LogP contribution in [0.1, 0.15) is 37.3 Å². The second kappa shape index (κ2) is 7.14. The number of benzene rings is 1. The molecule has 1 aromatic carbocycles. The number of nitrogens with one attached hydrogen (secondary N) is 2. The number of hydrogen-bond donors (Lipinski definition) is 2. The smallest absolute Gasteiger partial charge is 0.345 e. The van der Waals surface area contributed by atoms with E-state index in [1.807, 2.05) is 6.92 Å². The fraction of sp³-hybridized carbons (Fsp3) is 0.524. The van der Waals surface area contributed by atoms with Crippen LogP contribution in [0.2, 0.25) is 0 Å². The molecular weight excluding hydrogens is 405 g/mol. The largest absolute Gasteiger partial charge is 0.418 e. The molecule has 2 fully saturated rings. The van der Waals surface area contributed by atoms with Crippen LogP contribution in [-0.4, -0.2) is 29.9 Å². The second-order valence-electron chi connectivity index (χ2n) is 8.49. The summed E-state index contributed by atoms with van der Waals surface area (Å²) in [5.41, 5.74) is -1.54. The topological polar surface area (TPSA) is 54.0 Å². The van der Waals surface area contributed by atoms with Crippen LogP contribution in [0.4, 0.5) is 22.0 Å². The normalized spacial score (nSPS) is 28.3. The van der Waals surface area contributed by atoms with E-state index < -0.39 is 35.0 Å². The van der Waals surface area contributed by atoms with Gasteiger partial charge in [0.05, 0.1) is 16.6 Å². The monoisotopic (exact) mass is 427 g/mol. The Morgan fingerprint density at radius 1 is 1.27 bits per heavy atom. The van der Waals surface area contributed by atoms with Crippen LogP contribution >= 0.6 is 0 Å². The number of pyridine rings is 1. The standard InChI is InChI=1S/C21H22F5N3O/c1-12-8-19(11-27-10-12,29-17(30)7-13-9-20(13,22)23)15-4-5-16(21(24,25)26)18-14(15)3-2-6-28-18/h2-6,12-13,27H,7-11H2,1H3,(H,29,30)/t12-,13?,19-/m0/s1. The molecule has 30 heavy (non-hydrogen) atoms. The van der Waals surface area contributed by atoms with E-state index in [9.17, 15) is 26.7 Å². The Morgan fingerprint density at radius 2 is 2.00 bits per heavy atom. The number of rotatable bonds is 4. The third-order valence-electron chi connectivity index (χ3n) is 5.97. The van der Waals surface area contributed by atoms with Crippen LogP contribution in [0.25, 0.3) is 10.9 Å². The van der Waals surface area contributed by atoms with E-state index in [-0.39, 0.29) is 24.3 Å². The fourth-order valence-electron chi connectivity index (χ4n) is 4.49. The molecule has 0 bridgehead atoms. The van der Waals surface area contributed by atoms with Gasteiger partial charge in [-0.15, -0.1) is 0 Å². The number of carbonyl (C=O) groups excluding carboxylic acids is 1. The summed E-state index contributed by atoms with van der Waals surface area (Å²) in [7, 11) is 0. The maximum atomic E-state index is 13.5. The zero-order valence-electron chi connectivity index (χ0n) is 16.3. The summed E-state index contributed by atoms with van der Waals surface area (Å²) in [4.78, 5) is 16.6. The summed E-state index contributed by atoms with van der Waals surface area (Å²) in [5, 5.41) is 6.41. The van der Waals surface area contributed by atoms with Crippen LogP contribution in [-0.2, 0) is 16.5 Å². The third kappa shape index (κ3) is 3.87. The summed E-state index contributed by atoms with van der Waals surface area (Å²) in [6, 6.07) is 5.45. The molecule has 2 N–H and O–H groups in total. The molecule has 2 aliphatic rings. The summed E-state index contributed by atoms with van der Waals surface area (Å²) in [6.07, 6.45) is -3.42. The average molecular weight is 427 g/mol. The first-order chi connectivity index (χ1) is 14.0. The number of amides is 1. The molecule has 1 aromatic heterocycles. The van der Waals surface area contributed by atoms with Gasteiger partial charge in [-0.2, -0.15) is 13.2 Å². The Labute approximate surface area is 170 Å². The van der Waals surface area contributed by atoms with Crippen LogP contribution in [0.5, 0.6) is 0 Å². The van der Waals surface area contributed by atoms with Crippen LogP contribution < -0.4 is 10.6 Å². The molecule has 1 saturated carbocycles. The molecule has 1 aliphatic carbocycles. The lowest BCUT2D eigenvalue weighted by atomic mass is 9.77. The molecule has 0 spiro atoms. The van der Waals surface area contributed by atoms with Crippen molar-refractivity contribution in [3.8, 4) is 0 Å². The number of carbonyl (C=O) groups is 1. The lowest BCUT2D eigenvalue weighted by molar-refractivity contribution is -0.136. The molecule has 4 nitrogen and oxygen atoms in total. The van der Waals surface area contributed by atoms with E-state index in [0.717, 1.165) is 6.07 Å². The number of halogens is 5. The first-order valence-corrected chi connectivity index (χ1v) is 9.87. The van der Waals surface area contributed by atoms with Gasteiger partial charge in [-0.05, 0) is 36.6 Å². The van der Waals surface area contributed by atoms with Crippen LogP contribution in [0.15, 0.2) is 30.5 Å². The minimum Gasteiger partial charge on any atom is -0.345 e. The Balaban J connectivity index is 1.76. The van der Waals surface area contributed by atoms with Crippen molar-refractivity contribution in [2.24, 2.45) is 11.8 Å². The molecule has 1 unspecified atom stereocenters. The zero-order valence-corrected chi connectivity index (χ0v) is 16.3. The van der Waals surface area contributed by atoms with Gasteiger partial charge in [-0.3, -0.25) is 9.78 Å². The lowest BCUT2D eigenvalue weighted by Crippen LogP contribution is -2.57. The van der Waals surface area contributed by atoms with E-state index in [2.05, 4.69) is 15.6 Å². The van der Waals surface area contributed by atoms with Gasteiger partial charge in [0.15, 0.2) is 0 Å². The summed E-state index contributed by atoms with van der Waals surface area (Å²) in [5.74, 6) is -4.19. The van der Waals surface area contributed by atoms with Crippen molar-refractivity contribution < 1.29 is 26.7 Å². The molecule has 4 rings (SSSR count). The van der Waals surface area contributed by atoms with Crippen molar-refractivity contribution in [2.45, 2.75) is 43.8 Å². The van der Waals surface area contributed by atoms with Crippen molar-refractivity contribution in [3.63, 3.8) is 0 Å². The Morgan fingerprint density at radius 3 is 2.63 bits per heavy atom. The van der Waals surface area contributed by atoms with Gasteiger partial charge in [-0.1, -0.05) is 19.1 Å². The fourth-order valence-corrected chi connectivity index (χ4v) is 4.49. The Kier molecular flexibility index (Phi) is 4.99. The van der Waals surface area contributed by atoms with Gasteiger partial charge in [0.2, 0.25) is 5.91 Å². The molecule has 1 amide bonds. The number of alkyl halides is 5. The molecular formula is C21H22F5N3O. The van der Waals surface area contributed by atoms with Crippen molar-refractivity contribution in [1.82, 2.24) is 15.6 Å². The number of fused-ring (bicyclic) bond motifs is 1. The van der Waals surface area contributed by atoms with E-state index >= 15 is 0 Å². The Bertz CT molecular complexity index is 977. The van der Waals surface area contributed by atoms with Gasteiger partial charge >= 0.3 is 6.18 Å². The predicted octanol–water partition coefficient (Wildman–Crippen LogP) is 4.24. The number of aromatic nitrogens is 1.